The van der Waals surface area contributed by atoms with Gasteiger partial charge < -0.3 is 5.32 Å². The topological polar surface area (TPSA) is 42.7 Å². The molecule has 1 N–H and O–H groups in total. The second-order valence-electron chi connectivity index (χ2n) is 6.28. The molecule has 4 nitrogen and oxygen atoms in total. The van der Waals surface area contributed by atoms with E-state index in [4.69, 9.17) is 0 Å². The van der Waals surface area contributed by atoms with Crippen LogP contribution in [0.1, 0.15) is 38.3 Å². The van der Waals surface area contributed by atoms with E-state index in [0.29, 0.717) is 5.41 Å². The van der Waals surface area contributed by atoms with Crippen molar-refractivity contribution < 1.29 is 0 Å². The van der Waals surface area contributed by atoms with Crippen LogP contribution in [0.15, 0.2) is 6.20 Å². The molecule has 2 fully saturated rings. The maximum Gasteiger partial charge on any atom is 0.0833 e. The van der Waals surface area contributed by atoms with Crippen molar-refractivity contribution in [1.29, 1.82) is 0 Å². The maximum atomic E-state index is 4.30. The molecule has 4 heteroatoms. The van der Waals surface area contributed by atoms with Gasteiger partial charge in [-0.2, -0.15) is 0 Å². The van der Waals surface area contributed by atoms with Crippen molar-refractivity contribution in [3.8, 4) is 0 Å². The molecule has 2 bridgehead atoms. The molecular weight excluding hydrogens is 224 g/mol. The van der Waals surface area contributed by atoms with Crippen LogP contribution < -0.4 is 5.32 Å². The molecule has 1 aromatic heterocycles. The monoisotopic (exact) mass is 248 g/mol. The van der Waals surface area contributed by atoms with Crippen molar-refractivity contribution in [2.24, 2.45) is 24.3 Å². The van der Waals surface area contributed by atoms with Crippen molar-refractivity contribution in [2.45, 2.75) is 39.0 Å². The van der Waals surface area contributed by atoms with Gasteiger partial charge in [-0.1, -0.05) is 18.6 Å². The van der Waals surface area contributed by atoms with Crippen molar-refractivity contribution in [3.63, 3.8) is 0 Å². The lowest BCUT2D eigenvalue weighted by Gasteiger charge is -2.37. The standard InChI is InChI=1S/C14H24N4/c1-3-15-10-14(7-11-4-5-12(14)6-11)8-13-9-18(2)17-16-13/h9,11-12,15H,3-8,10H2,1-2H3. The molecule has 2 aliphatic rings. The lowest BCUT2D eigenvalue weighted by molar-refractivity contribution is 0.156. The predicted molar refractivity (Wildman–Crippen MR) is 71.1 cm³/mol. The Hall–Kier alpha value is -0.900. The first kappa shape index (κ1) is 12.2. The van der Waals surface area contributed by atoms with E-state index < -0.39 is 0 Å². The van der Waals surface area contributed by atoms with E-state index in [1.165, 1.54) is 31.4 Å². The van der Waals surface area contributed by atoms with E-state index in [2.05, 4.69) is 28.7 Å². The summed E-state index contributed by atoms with van der Waals surface area (Å²) in [6.45, 7) is 4.42. The molecule has 18 heavy (non-hydrogen) atoms. The minimum absolute atomic E-state index is 0.453. The number of fused-ring (bicyclic) bond motifs is 2. The summed E-state index contributed by atoms with van der Waals surface area (Å²) in [5, 5.41) is 12.0. The molecule has 2 saturated carbocycles. The Morgan fingerprint density at radius 3 is 2.94 bits per heavy atom. The lowest BCUT2D eigenvalue weighted by atomic mass is 9.70. The second kappa shape index (κ2) is 4.65. The third-order valence-electron chi connectivity index (χ3n) is 5.01. The third-order valence-corrected chi connectivity index (χ3v) is 5.01. The summed E-state index contributed by atoms with van der Waals surface area (Å²) in [6.07, 6.45) is 8.91. The molecule has 3 atom stereocenters. The number of nitrogens with zero attached hydrogens (tertiary/aromatic N) is 3. The number of hydrogen-bond acceptors (Lipinski definition) is 3. The quantitative estimate of drug-likeness (QED) is 0.863. The molecule has 0 saturated heterocycles. The Morgan fingerprint density at radius 1 is 1.50 bits per heavy atom. The molecule has 100 valence electrons. The van der Waals surface area contributed by atoms with E-state index >= 15 is 0 Å². The van der Waals surface area contributed by atoms with Crippen LogP contribution in [0.5, 0.6) is 0 Å². The van der Waals surface area contributed by atoms with Gasteiger partial charge in [0.2, 0.25) is 0 Å². The van der Waals surface area contributed by atoms with Crippen LogP contribution in [0.3, 0.4) is 0 Å². The Labute approximate surface area is 109 Å². The zero-order valence-electron chi connectivity index (χ0n) is 11.5. The average Bonchev–Trinajstić information content (AvgIpc) is 3.03. The molecule has 0 amide bonds. The Morgan fingerprint density at radius 2 is 2.39 bits per heavy atom. The molecule has 0 spiro atoms. The van der Waals surface area contributed by atoms with Crippen LogP contribution in [0, 0.1) is 17.3 Å². The summed E-state index contributed by atoms with van der Waals surface area (Å²) < 4.78 is 1.82. The maximum absolute atomic E-state index is 4.30. The second-order valence-corrected chi connectivity index (χ2v) is 6.28. The highest BCUT2D eigenvalue weighted by atomic mass is 15.4. The Bertz CT molecular complexity index is 414. The zero-order chi connectivity index (χ0) is 12.6. The highest BCUT2D eigenvalue weighted by Gasteiger charge is 2.50. The first-order valence-electron chi connectivity index (χ1n) is 7.28. The molecule has 0 aliphatic heterocycles. The van der Waals surface area contributed by atoms with Crippen LogP contribution in [-0.2, 0) is 13.5 Å². The van der Waals surface area contributed by atoms with E-state index in [-0.39, 0.29) is 0 Å². The molecule has 3 rings (SSSR count). The first-order chi connectivity index (χ1) is 8.72. The van der Waals surface area contributed by atoms with Gasteiger partial charge in [0.25, 0.3) is 0 Å². The van der Waals surface area contributed by atoms with E-state index in [0.717, 1.165) is 31.3 Å². The smallest absolute Gasteiger partial charge is 0.0833 e. The fraction of sp³-hybridized carbons (Fsp3) is 0.857. The highest BCUT2D eigenvalue weighted by molar-refractivity contribution is 5.08. The fourth-order valence-electron chi connectivity index (χ4n) is 4.26. The minimum atomic E-state index is 0.453. The van der Waals surface area contributed by atoms with Gasteiger partial charge in [-0.15, -0.1) is 5.10 Å². The van der Waals surface area contributed by atoms with Crippen LogP contribution in [-0.4, -0.2) is 28.1 Å². The summed E-state index contributed by atoms with van der Waals surface area (Å²) in [7, 11) is 1.95. The summed E-state index contributed by atoms with van der Waals surface area (Å²) >= 11 is 0. The summed E-state index contributed by atoms with van der Waals surface area (Å²) in [4.78, 5) is 0. The number of nitrogens with one attached hydrogen (secondary N) is 1. The van der Waals surface area contributed by atoms with Gasteiger partial charge in [-0.25, -0.2) is 0 Å². The van der Waals surface area contributed by atoms with Gasteiger partial charge in [0, 0.05) is 26.2 Å². The molecule has 1 heterocycles. The van der Waals surface area contributed by atoms with Gasteiger partial charge in [0.1, 0.15) is 0 Å². The molecule has 1 aromatic rings. The number of rotatable bonds is 5. The van der Waals surface area contributed by atoms with Crippen molar-refractivity contribution in [3.05, 3.63) is 11.9 Å². The van der Waals surface area contributed by atoms with Crippen molar-refractivity contribution in [1.82, 2.24) is 20.3 Å². The SMILES string of the molecule is CCNCC1(Cc2cn(C)nn2)CC2CCC1C2. The van der Waals surface area contributed by atoms with Gasteiger partial charge in [0.05, 0.1) is 5.69 Å². The van der Waals surface area contributed by atoms with E-state index in [1.807, 2.05) is 11.7 Å². The van der Waals surface area contributed by atoms with Crippen LogP contribution >= 0.6 is 0 Å². The minimum Gasteiger partial charge on any atom is -0.316 e. The van der Waals surface area contributed by atoms with Crippen LogP contribution in [0.25, 0.3) is 0 Å². The highest BCUT2D eigenvalue weighted by Crippen LogP contribution is 2.56. The lowest BCUT2D eigenvalue weighted by Crippen LogP contribution is -2.40. The van der Waals surface area contributed by atoms with Gasteiger partial charge >= 0.3 is 0 Å². The zero-order valence-corrected chi connectivity index (χ0v) is 11.5. The summed E-state index contributed by atoms with van der Waals surface area (Å²) in [5.41, 5.74) is 1.62. The third kappa shape index (κ3) is 2.07. The average molecular weight is 248 g/mol. The number of aryl methyl sites for hydroxylation is 1. The van der Waals surface area contributed by atoms with Gasteiger partial charge in [0.15, 0.2) is 0 Å². The van der Waals surface area contributed by atoms with Gasteiger partial charge in [-0.05, 0) is 43.1 Å². The first-order valence-corrected chi connectivity index (χ1v) is 7.28. The molecule has 2 aliphatic carbocycles. The van der Waals surface area contributed by atoms with E-state index in [9.17, 15) is 0 Å². The van der Waals surface area contributed by atoms with Crippen LogP contribution in [0.2, 0.25) is 0 Å². The van der Waals surface area contributed by atoms with Gasteiger partial charge in [-0.3, -0.25) is 4.68 Å². The molecule has 0 aromatic carbocycles. The van der Waals surface area contributed by atoms with E-state index in [1.54, 1.807) is 0 Å². The normalized spacial score (nSPS) is 34.3. The molecular formula is C14H24N4. The largest absolute Gasteiger partial charge is 0.316 e. The Kier molecular flexibility index (Phi) is 3.14. The van der Waals surface area contributed by atoms with Crippen molar-refractivity contribution in [2.75, 3.05) is 13.1 Å². The van der Waals surface area contributed by atoms with Crippen molar-refractivity contribution >= 4 is 0 Å². The van der Waals surface area contributed by atoms with Crippen LogP contribution in [0.4, 0.5) is 0 Å². The summed E-state index contributed by atoms with van der Waals surface area (Å²) in [6, 6.07) is 0. The summed E-state index contributed by atoms with van der Waals surface area (Å²) in [5.74, 6) is 1.88. The predicted octanol–water partition coefficient (Wildman–Crippen LogP) is 1.77. The fourth-order valence-corrected chi connectivity index (χ4v) is 4.26. The number of aromatic nitrogens is 3. The Balaban J connectivity index is 1.77. The molecule has 0 radical (unpaired) electrons. The number of hydrogen-bond donors (Lipinski definition) is 1. The molecule has 3 unspecified atom stereocenters.